The van der Waals surface area contributed by atoms with E-state index in [4.69, 9.17) is 0 Å². The number of hydrogen-bond acceptors (Lipinski definition) is 5. The average Bonchev–Trinajstić information content (AvgIpc) is 2.70. The lowest BCUT2D eigenvalue weighted by Crippen LogP contribution is -2.61. The Balaban J connectivity index is 0.00000480. The molecule has 8 nitrogen and oxygen atoms in total. The first-order chi connectivity index (χ1) is 14.2. The maximum atomic E-state index is 13.2. The van der Waals surface area contributed by atoms with Crippen LogP contribution < -0.4 is 10.6 Å². The largest absolute Gasteiger partial charge is 0.508 e. The average molecular weight is 493 g/mol. The van der Waals surface area contributed by atoms with Crippen molar-refractivity contribution in [2.24, 2.45) is 5.92 Å². The Morgan fingerprint density at radius 3 is 2.31 bits per heavy atom. The first-order valence-electron chi connectivity index (χ1n) is 10.7. The van der Waals surface area contributed by atoms with E-state index in [1.165, 1.54) is 4.90 Å². The molecular formula is C22H38Cl2N4O4. The van der Waals surface area contributed by atoms with Crippen molar-refractivity contribution in [2.45, 2.75) is 39.2 Å². The number of nitrogens with one attached hydrogen (secondary N) is 2. The fourth-order valence-corrected chi connectivity index (χ4v) is 3.70. The summed E-state index contributed by atoms with van der Waals surface area (Å²) >= 11 is 0. The third kappa shape index (κ3) is 9.02. The molecule has 1 aliphatic heterocycles. The maximum absolute atomic E-state index is 13.2. The van der Waals surface area contributed by atoms with E-state index in [2.05, 4.69) is 29.4 Å². The summed E-state index contributed by atoms with van der Waals surface area (Å²) in [4.78, 5) is 28.9. The van der Waals surface area contributed by atoms with Gasteiger partial charge in [0, 0.05) is 52.2 Å². The molecule has 1 aromatic rings. The van der Waals surface area contributed by atoms with Crippen LogP contribution >= 0.6 is 24.8 Å². The second kappa shape index (κ2) is 14.4. The summed E-state index contributed by atoms with van der Waals surface area (Å²) in [6.07, 6.45) is -0.0470. The standard InChI is InChI=1S/C22H36N4O4.2ClH/c1-17(2)8-9-24-20(28)22(3,16-18-4-6-19(27)7-5-18)26(21(29)30)15-14-25-12-10-23-11-13-25;;/h4-7,17,23,27H,8-16H2,1-3H3,(H,24,28)(H,29,30);2*1H/t22-;;/m0../s1. The highest BCUT2D eigenvalue weighted by atomic mass is 35.5. The predicted octanol–water partition coefficient (Wildman–Crippen LogP) is 2.58. The quantitative estimate of drug-likeness (QED) is 0.400. The van der Waals surface area contributed by atoms with Gasteiger partial charge in [-0.15, -0.1) is 24.8 Å². The zero-order valence-electron chi connectivity index (χ0n) is 19.2. The van der Waals surface area contributed by atoms with E-state index in [0.29, 0.717) is 19.0 Å². The van der Waals surface area contributed by atoms with Gasteiger partial charge in [0.15, 0.2) is 0 Å². The molecule has 1 aliphatic rings. The van der Waals surface area contributed by atoms with E-state index < -0.39 is 11.6 Å². The summed E-state index contributed by atoms with van der Waals surface area (Å²) in [6, 6.07) is 6.56. The molecule has 0 bridgehead atoms. The summed E-state index contributed by atoms with van der Waals surface area (Å²) in [7, 11) is 0. The van der Waals surface area contributed by atoms with Crippen molar-refractivity contribution in [3.63, 3.8) is 0 Å². The van der Waals surface area contributed by atoms with Crippen molar-refractivity contribution in [1.82, 2.24) is 20.4 Å². The van der Waals surface area contributed by atoms with Gasteiger partial charge >= 0.3 is 6.09 Å². The molecule has 0 aromatic heterocycles. The van der Waals surface area contributed by atoms with Crippen molar-refractivity contribution >= 4 is 36.8 Å². The molecule has 0 aliphatic carbocycles. The van der Waals surface area contributed by atoms with E-state index >= 15 is 0 Å². The van der Waals surface area contributed by atoms with Crippen LogP contribution in [0.4, 0.5) is 4.79 Å². The minimum Gasteiger partial charge on any atom is -0.508 e. The SMILES string of the molecule is CC(C)CCNC(=O)[C@](C)(Cc1ccc(O)cc1)N(CCN1CCNCC1)C(=O)O.Cl.Cl. The molecule has 1 saturated heterocycles. The lowest BCUT2D eigenvalue weighted by Gasteiger charge is -2.40. The number of carbonyl (C=O) groups excluding carboxylic acids is 1. The summed E-state index contributed by atoms with van der Waals surface area (Å²) in [5.41, 5.74) is -0.462. The molecule has 2 amide bonds. The summed E-state index contributed by atoms with van der Waals surface area (Å²) in [5.74, 6) is 0.284. The number of halogens is 2. The van der Waals surface area contributed by atoms with Crippen LogP contribution in [0.2, 0.25) is 0 Å². The Kier molecular flexibility index (Phi) is 13.6. The lowest BCUT2D eigenvalue weighted by molar-refractivity contribution is -0.131. The number of phenolic OH excluding ortho intramolecular Hbond substituents is 1. The second-order valence-corrected chi connectivity index (χ2v) is 8.58. The van der Waals surface area contributed by atoms with Crippen LogP contribution in [0.3, 0.4) is 0 Å². The highest BCUT2D eigenvalue weighted by molar-refractivity contribution is 5.89. The van der Waals surface area contributed by atoms with Gasteiger partial charge in [0.1, 0.15) is 11.3 Å². The zero-order valence-corrected chi connectivity index (χ0v) is 20.8. The minimum absolute atomic E-state index is 0. The van der Waals surface area contributed by atoms with Crippen LogP contribution in [0.25, 0.3) is 0 Å². The number of carboxylic acid groups (broad SMARTS) is 1. The van der Waals surface area contributed by atoms with Crippen molar-refractivity contribution in [2.75, 3.05) is 45.8 Å². The molecule has 0 unspecified atom stereocenters. The van der Waals surface area contributed by atoms with E-state index in [1.807, 2.05) is 0 Å². The van der Waals surface area contributed by atoms with Gasteiger partial charge in [-0.2, -0.15) is 0 Å². The second-order valence-electron chi connectivity index (χ2n) is 8.58. The lowest BCUT2D eigenvalue weighted by atomic mass is 9.89. The number of carbonyl (C=O) groups is 2. The van der Waals surface area contributed by atoms with E-state index in [-0.39, 0.29) is 49.4 Å². The molecule has 0 spiro atoms. The molecule has 1 fully saturated rings. The topological polar surface area (TPSA) is 105 Å². The van der Waals surface area contributed by atoms with Gasteiger partial charge in [-0.25, -0.2) is 4.79 Å². The predicted molar refractivity (Wildman–Crippen MR) is 131 cm³/mol. The molecule has 1 aromatic carbocycles. The van der Waals surface area contributed by atoms with Crippen LogP contribution in [0, 0.1) is 5.92 Å². The van der Waals surface area contributed by atoms with E-state index in [9.17, 15) is 19.8 Å². The van der Waals surface area contributed by atoms with Crippen LogP contribution in [0.5, 0.6) is 5.75 Å². The first kappa shape index (κ1) is 30.3. The number of aromatic hydroxyl groups is 1. The van der Waals surface area contributed by atoms with E-state index in [0.717, 1.165) is 38.2 Å². The fraction of sp³-hybridized carbons (Fsp3) is 0.636. The monoisotopic (exact) mass is 492 g/mol. The summed E-state index contributed by atoms with van der Waals surface area (Å²) in [6.45, 7) is 10.7. The molecule has 1 heterocycles. The van der Waals surface area contributed by atoms with Gasteiger partial charge < -0.3 is 20.8 Å². The van der Waals surface area contributed by atoms with Gasteiger partial charge in [0.05, 0.1) is 0 Å². The first-order valence-corrected chi connectivity index (χ1v) is 10.7. The number of piperazine rings is 1. The van der Waals surface area contributed by atoms with Gasteiger partial charge in [-0.1, -0.05) is 26.0 Å². The Labute approximate surface area is 203 Å². The number of nitrogens with zero attached hydrogens (tertiary/aromatic N) is 2. The smallest absolute Gasteiger partial charge is 0.408 e. The van der Waals surface area contributed by atoms with Crippen molar-refractivity contribution in [3.8, 4) is 5.75 Å². The highest BCUT2D eigenvalue weighted by Crippen LogP contribution is 2.24. The normalized spacial score (nSPS) is 15.8. The third-order valence-corrected chi connectivity index (χ3v) is 5.66. The zero-order chi connectivity index (χ0) is 22.1. The molecule has 10 heteroatoms. The molecule has 4 N–H and O–H groups in total. The van der Waals surface area contributed by atoms with Crippen LogP contribution in [0.15, 0.2) is 24.3 Å². The molecule has 2 rings (SSSR count). The van der Waals surface area contributed by atoms with Gasteiger partial charge in [0.25, 0.3) is 0 Å². The maximum Gasteiger partial charge on any atom is 0.408 e. The highest BCUT2D eigenvalue weighted by Gasteiger charge is 2.42. The molecule has 32 heavy (non-hydrogen) atoms. The number of rotatable bonds is 10. The molecular weight excluding hydrogens is 455 g/mol. The van der Waals surface area contributed by atoms with Crippen molar-refractivity contribution < 1.29 is 19.8 Å². The third-order valence-electron chi connectivity index (χ3n) is 5.66. The molecule has 1 atom stereocenters. The number of phenols is 1. The Bertz CT molecular complexity index is 700. The molecule has 0 radical (unpaired) electrons. The van der Waals surface area contributed by atoms with Crippen LogP contribution in [-0.4, -0.2) is 83.4 Å². The van der Waals surface area contributed by atoms with Crippen LogP contribution in [-0.2, 0) is 11.2 Å². The van der Waals surface area contributed by atoms with Crippen molar-refractivity contribution in [1.29, 1.82) is 0 Å². The molecule has 184 valence electrons. The Morgan fingerprint density at radius 2 is 1.78 bits per heavy atom. The summed E-state index contributed by atoms with van der Waals surface area (Å²) < 4.78 is 0. The van der Waals surface area contributed by atoms with Crippen LogP contribution in [0.1, 0.15) is 32.8 Å². The molecule has 0 saturated carbocycles. The van der Waals surface area contributed by atoms with Crippen molar-refractivity contribution in [3.05, 3.63) is 29.8 Å². The number of hydrogen-bond donors (Lipinski definition) is 4. The minimum atomic E-state index is -1.26. The van der Waals surface area contributed by atoms with Gasteiger partial charge in [-0.3, -0.25) is 14.6 Å². The van der Waals surface area contributed by atoms with Gasteiger partial charge in [0.2, 0.25) is 5.91 Å². The fourth-order valence-electron chi connectivity index (χ4n) is 3.70. The number of amides is 2. The van der Waals surface area contributed by atoms with E-state index in [1.54, 1.807) is 31.2 Å². The Morgan fingerprint density at radius 1 is 1.19 bits per heavy atom. The number of benzene rings is 1. The summed E-state index contributed by atoms with van der Waals surface area (Å²) in [5, 5.41) is 25.8. The van der Waals surface area contributed by atoms with Gasteiger partial charge in [-0.05, 0) is 37.0 Å². The Hall–Kier alpha value is -1.74.